The van der Waals surface area contributed by atoms with Crippen LogP contribution >= 0.6 is 15.9 Å². The lowest BCUT2D eigenvalue weighted by molar-refractivity contribution is -0.136. The Hall–Kier alpha value is -1.88. The number of halogens is 1. The lowest BCUT2D eigenvalue weighted by Gasteiger charge is -2.10. The number of aromatic nitrogens is 1. The van der Waals surface area contributed by atoms with Crippen LogP contribution < -0.4 is 4.74 Å². The molecule has 0 amide bonds. The van der Waals surface area contributed by atoms with Crippen molar-refractivity contribution < 1.29 is 14.6 Å². The van der Waals surface area contributed by atoms with E-state index < -0.39 is 5.97 Å². The van der Waals surface area contributed by atoms with Gasteiger partial charge in [-0.25, -0.2) is 4.98 Å². The third kappa shape index (κ3) is 3.54. The number of hydrogen-bond donors (Lipinski definition) is 1. The summed E-state index contributed by atoms with van der Waals surface area (Å²) in [6.45, 7) is 1.93. The number of hydrogen-bond acceptors (Lipinski definition) is 3. The van der Waals surface area contributed by atoms with Crippen LogP contribution in [0.4, 0.5) is 0 Å². The van der Waals surface area contributed by atoms with Crippen LogP contribution in [-0.4, -0.2) is 16.1 Å². The maximum Gasteiger partial charge on any atom is 0.307 e. The number of para-hydroxylation sites is 1. The minimum atomic E-state index is -0.896. The molecule has 0 radical (unpaired) electrons. The third-order valence-corrected chi connectivity index (χ3v) is 3.03. The van der Waals surface area contributed by atoms with Gasteiger partial charge in [0, 0.05) is 11.8 Å². The van der Waals surface area contributed by atoms with Gasteiger partial charge in [-0.1, -0.05) is 18.2 Å². The van der Waals surface area contributed by atoms with E-state index in [1.165, 1.54) is 0 Å². The van der Waals surface area contributed by atoms with Crippen LogP contribution in [-0.2, 0) is 11.2 Å². The number of ether oxygens (including phenoxy) is 1. The first-order valence-electron chi connectivity index (χ1n) is 5.66. The number of benzene rings is 1. The quantitative estimate of drug-likeness (QED) is 0.935. The highest BCUT2D eigenvalue weighted by Crippen LogP contribution is 2.30. The first-order valence-corrected chi connectivity index (χ1v) is 6.45. The second kappa shape index (κ2) is 5.84. The standard InChI is InChI=1S/C14H12BrNO3/c1-9-6-11(15)14(16-8-9)19-12-5-3-2-4-10(12)7-13(17)18/h2-6,8H,7H2,1H3,(H,17,18). The monoisotopic (exact) mass is 321 g/mol. The summed E-state index contributed by atoms with van der Waals surface area (Å²) in [4.78, 5) is 15.0. The fourth-order valence-corrected chi connectivity index (χ4v) is 2.16. The van der Waals surface area contributed by atoms with E-state index in [0.717, 1.165) is 10.0 Å². The van der Waals surface area contributed by atoms with Crippen molar-refractivity contribution in [3.63, 3.8) is 0 Å². The Bertz CT molecular complexity index is 613. The largest absolute Gasteiger partial charge is 0.481 e. The molecule has 4 nitrogen and oxygen atoms in total. The molecular formula is C14H12BrNO3. The number of carboxylic acid groups (broad SMARTS) is 1. The first kappa shape index (κ1) is 13.5. The molecule has 0 saturated heterocycles. The van der Waals surface area contributed by atoms with Crippen LogP contribution in [0.3, 0.4) is 0 Å². The molecule has 1 heterocycles. The summed E-state index contributed by atoms with van der Waals surface area (Å²) in [5.74, 6) is 0.0253. The van der Waals surface area contributed by atoms with Gasteiger partial charge in [0.05, 0.1) is 10.9 Å². The number of aliphatic carboxylic acids is 1. The van der Waals surface area contributed by atoms with Crippen molar-refractivity contribution in [2.75, 3.05) is 0 Å². The fourth-order valence-electron chi connectivity index (χ4n) is 1.61. The van der Waals surface area contributed by atoms with E-state index in [1.807, 2.05) is 13.0 Å². The summed E-state index contributed by atoms with van der Waals surface area (Å²) in [6.07, 6.45) is 1.61. The molecule has 1 aromatic carbocycles. The molecule has 0 atom stereocenters. The summed E-state index contributed by atoms with van der Waals surface area (Å²) in [5.41, 5.74) is 1.63. The highest BCUT2D eigenvalue weighted by atomic mass is 79.9. The molecule has 19 heavy (non-hydrogen) atoms. The van der Waals surface area contributed by atoms with Crippen molar-refractivity contribution in [2.24, 2.45) is 0 Å². The van der Waals surface area contributed by atoms with E-state index in [4.69, 9.17) is 9.84 Å². The minimum absolute atomic E-state index is 0.0837. The maximum absolute atomic E-state index is 10.8. The number of pyridine rings is 1. The number of carbonyl (C=O) groups is 1. The predicted molar refractivity (Wildman–Crippen MR) is 74.5 cm³/mol. The Morgan fingerprint density at radius 2 is 2.16 bits per heavy atom. The number of rotatable bonds is 4. The van der Waals surface area contributed by atoms with Gasteiger partial charge in [-0.15, -0.1) is 0 Å². The van der Waals surface area contributed by atoms with Crippen molar-refractivity contribution in [1.29, 1.82) is 0 Å². The third-order valence-electron chi connectivity index (χ3n) is 2.47. The molecule has 0 bridgehead atoms. The summed E-state index contributed by atoms with van der Waals surface area (Å²) < 4.78 is 6.41. The molecular weight excluding hydrogens is 310 g/mol. The van der Waals surface area contributed by atoms with Gasteiger partial charge in [-0.05, 0) is 40.5 Å². The Labute approximate surface area is 119 Å². The fraction of sp³-hybridized carbons (Fsp3) is 0.143. The Morgan fingerprint density at radius 3 is 2.84 bits per heavy atom. The average molecular weight is 322 g/mol. The van der Waals surface area contributed by atoms with Crippen molar-refractivity contribution in [1.82, 2.24) is 4.98 Å². The van der Waals surface area contributed by atoms with E-state index in [-0.39, 0.29) is 6.42 Å². The molecule has 2 aromatic rings. The minimum Gasteiger partial charge on any atom is -0.481 e. The normalized spacial score (nSPS) is 10.2. The summed E-state index contributed by atoms with van der Waals surface area (Å²) in [6, 6.07) is 8.92. The Balaban J connectivity index is 2.30. The van der Waals surface area contributed by atoms with Gasteiger partial charge in [-0.2, -0.15) is 0 Å². The van der Waals surface area contributed by atoms with Crippen molar-refractivity contribution >= 4 is 21.9 Å². The molecule has 0 fully saturated rings. The van der Waals surface area contributed by atoms with Crippen LogP contribution in [0.15, 0.2) is 41.0 Å². The maximum atomic E-state index is 10.8. The molecule has 2 rings (SSSR count). The first-order chi connectivity index (χ1) is 9.06. The van der Waals surface area contributed by atoms with Gasteiger partial charge in [-0.3, -0.25) is 4.79 Å². The van der Waals surface area contributed by atoms with Crippen molar-refractivity contribution in [3.05, 3.63) is 52.1 Å². The molecule has 98 valence electrons. The smallest absolute Gasteiger partial charge is 0.307 e. The second-order valence-electron chi connectivity index (χ2n) is 4.08. The average Bonchev–Trinajstić information content (AvgIpc) is 2.34. The predicted octanol–water partition coefficient (Wildman–Crippen LogP) is 3.57. The number of carboxylic acids is 1. The molecule has 0 spiro atoms. The molecule has 5 heteroatoms. The molecule has 0 aliphatic carbocycles. The van der Waals surface area contributed by atoms with Crippen LogP contribution in [0.1, 0.15) is 11.1 Å². The molecule has 0 aliphatic rings. The van der Waals surface area contributed by atoms with Gasteiger partial charge >= 0.3 is 5.97 Å². The van der Waals surface area contributed by atoms with Crippen LogP contribution in [0.5, 0.6) is 11.6 Å². The summed E-state index contributed by atoms with van der Waals surface area (Å²) >= 11 is 3.38. The van der Waals surface area contributed by atoms with Crippen molar-refractivity contribution in [2.45, 2.75) is 13.3 Å². The highest BCUT2D eigenvalue weighted by Gasteiger charge is 2.10. The van der Waals surface area contributed by atoms with E-state index in [1.54, 1.807) is 30.5 Å². The lowest BCUT2D eigenvalue weighted by Crippen LogP contribution is -2.02. The Morgan fingerprint density at radius 1 is 1.42 bits per heavy atom. The SMILES string of the molecule is Cc1cnc(Oc2ccccc2CC(=O)O)c(Br)c1. The number of aryl methyl sites for hydroxylation is 1. The zero-order chi connectivity index (χ0) is 13.8. The summed E-state index contributed by atoms with van der Waals surface area (Å²) in [5, 5.41) is 8.87. The van der Waals surface area contributed by atoms with E-state index >= 15 is 0 Å². The topological polar surface area (TPSA) is 59.4 Å². The van der Waals surface area contributed by atoms with Crippen molar-refractivity contribution in [3.8, 4) is 11.6 Å². The zero-order valence-corrected chi connectivity index (χ0v) is 11.8. The molecule has 1 N–H and O–H groups in total. The molecule has 0 aliphatic heterocycles. The number of nitrogens with zero attached hydrogens (tertiary/aromatic N) is 1. The van der Waals surface area contributed by atoms with Crippen LogP contribution in [0, 0.1) is 6.92 Å². The van der Waals surface area contributed by atoms with E-state index in [0.29, 0.717) is 17.2 Å². The molecule has 1 aromatic heterocycles. The summed E-state index contributed by atoms with van der Waals surface area (Å²) in [7, 11) is 0. The van der Waals surface area contributed by atoms with Gasteiger partial charge in [0.2, 0.25) is 5.88 Å². The second-order valence-corrected chi connectivity index (χ2v) is 4.93. The van der Waals surface area contributed by atoms with Crippen LogP contribution in [0.25, 0.3) is 0 Å². The highest BCUT2D eigenvalue weighted by molar-refractivity contribution is 9.10. The molecule has 0 unspecified atom stereocenters. The van der Waals surface area contributed by atoms with E-state index in [2.05, 4.69) is 20.9 Å². The van der Waals surface area contributed by atoms with Gasteiger partial charge in [0.15, 0.2) is 0 Å². The van der Waals surface area contributed by atoms with Gasteiger partial charge in [0.25, 0.3) is 0 Å². The van der Waals surface area contributed by atoms with Gasteiger partial charge < -0.3 is 9.84 Å². The van der Waals surface area contributed by atoms with Gasteiger partial charge in [0.1, 0.15) is 5.75 Å². The van der Waals surface area contributed by atoms with Crippen LogP contribution in [0.2, 0.25) is 0 Å². The Kier molecular flexibility index (Phi) is 4.16. The zero-order valence-electron chi connectivity index (χ0n) is 10.3. The van der Waals surface area contributed by atoms with E-state index in [9.17, 15) is 4.79 Å². The lowest BCUT2D eigenvalue weighted by atomic mass is 10.1. The molecule has 0 saturated carbocycles.